The van der Waals surface area contributed by atoms with Crippen LogP contribution in [0, 0.1) is 11.3 Å². The lowest BCUT2D eigenvalue weighted by Gasteiger charge is -2.29. The van der Waals surface area contributed by atoms with E-state index in [-0.39, 0.29) is 5.41 Å². The van der Waals surface area contributed by atoms with Gasteiger partial charge in [-0.25, -0.2) is 8.78 Å². The molecular weight excluding hydrogens is 148 g/mol. The van der Waals surface area contributed by atoms with Crippen LogP contribution in [0.15, 0.2) is 0 Å². The second kappa shape index (κ2) is 4.00. The summed E-state index contributed by atoms with van der Waals surface area (Å²) in [5, 5.41) is 0. The van der Waals surface area contributed by atoms with Crippen LogP contribution < -0.4 is 5.73 Å². The molecule has 11 heavy (non-hydrogen) atoms. The Bertz CT molecular complexity index is 107. The number of hydrogen-bond donors (Lipinski definition) is 1. The number of hydrogen-bond acceptors (Lipinski definition) is 1. The SMILES string of the molecule is CC(C)(C)C(CCN)C(F)F. The summed E-state index contributed by atoms with van der Waals surface area (Å²) in [6.07, 6.45) is -1.85. The molecule has 0 radical (unpaired) electrons. The molecule has 0 amide bonds. The van der Waals surface area contributed by atoms with Gasteiger partial charge in [0.05, 0.1) is 0 Å². The molecule has 68 valence electrons. The van der Waals surface area contributed by atoms with Gasteiger partial charge < -0.3 is 5.73 Å². The minimum absolute atomic E-state index is 0.340. The highest BCUT2D eigenvalue weighted by molar-refractivity contribution is 4.75. The summed E-state index contributed by atoms with van der Waals surface area (Å²) < 4.78 is 24.7. The Balaban J connectivity index is 4.10. The van der Waals surface area contributed by atoms with Gasteiger partial charge in [-0.15, -0.1) is 0 Å². The van der Waals surface area contributed by atoms with Gasteiger partial charge >= 0.3 is 0 Å². The van der Waals surface area contributed by atoms with Crippen molar-refractivity contribution >= 4 is 0 Å². The maximum Gasteiger partial charge on any atom is 0.241 e. The average Bonchev–Trinajstić information content (AvgIpc) is 1.79. The van der Waals surface area contributed by atoms with E-state index in [1.165, 1.54) is 0 Å². The van der Waals surface area contributed by atoms with Crippen molar-refractivity contribution in [1.82, 2.24) is 0 Å². The summed E-state index contributed by atoms with van der Waals surface area (Å²) in [5.41, 5.74) is 4.89. The molecule has 0 fully saturated rings. The summed E-state index contributed by atoms with van der Waals surface area (Å²) >= 11 is 0. The van der Waals surface area contributed by atoms with Crippen LogP contribution in [0.3, 0.4) is 0 Å². The maximum atomic E-state index is 12.3. The Hall–Kier alpha value is -0.180. The fourth-order valence-corrected chi connectivity index (χ4v) is 1.12. The molecule has 0 saturated heterocycles. The lowest BCUT2D eigenvalue weighted by Crippen LogP contribution is -2.29. The molecule has 0 bridgehead atoms. The summed E-state index contributed by atoms with van der Waals surface area (Å²) in [7, 11) is 0. The van der Waals surface area contributed by atoms with Crippen LogP contribution in [0.5, 0.6) is 0 Å². The summed E-state index contributed by atoms with van der Waals surface area (Å²) in [6.45, 7) is 5.80. The first-order valence-corrected chi connectivity index (χ1v) is 3.87. The molecule has 0 spiro atoms. The maximum absolute atomic E-state index is 12.3. The van der Waals surface area contributed by atoms with Crippen molar-refractivity contribution in [2.45, 2.75) is 33.6 Å². The number of nitrogens with two attached hydrogens (primary N) is 1. The molecule has 1 unspecified atom stereocenters. The van der Waals surface area contributed by atoms with E-state index in [0.717, 1.165) is 0 Å². The first kappa shape index (κ1) is 10.8. The van der Waals surface area contributed by atoms with Crippen molar-refractivity contribution < 1.29 is 8.78 Å². The molecule has 0 aliphatic heterocycles. The van der Waals surface area contributed by atoms with E-state index in [4.69, 9.17) is 5.73 Å². The minimum Gasteiger partial charge on any atom is -0.330 e. The van der Waals surface area contributed by atoms with Crippen molar-refractivity contribution in [1.29, 1.82) is 0 Å². The van der Waals surface area contributed by atoms with Crippen molar-refractivity contribution in [2.24, 2.45) is 17.1 Å². The van der Waals surface area contributed by atoms with E-state index >= 15 is 0 Å². The van der Waals surface area contributed by atoms with E-state index in [9.17, 15) is 8.78 Å². The monoisotopic (exact) mass is 165 g/mol. The molecule has 0 saturated carbocycles. The predicted molar refractivity (Wildman–Crippen MR) is 42.6 cm³/mol. The molecular formula is C8H17F2N. The van der Waals surface area contributed by atoms with Gasteiger partial charge in [-0.1, -0.05) is 20.8 Å². The molecule has 0 rings (SSSR count). The van der Waals surface area contributed by atoms with Crippen LogP contribution >= 0.6 is 0 Å². The second-order valence-electron chi connectivity index (χ2n) is 3.88. The fraction of sp³-hybridized carbons (Fsp3) is 1.00. The molecule has 1 nitrogen and oxygen atoms in total. The zero-order chi connectivity index (χ0) is 9.07. The van der Waals surface area contributed by atoms with Crippen molar-refractivity contribution in [3.8, 4) is 0 Å². The van der Waals surface area contributed by atoms with Crippen LogP contribution in [-0.4, -0.2) is 13.0 Å². The highest BCUT2D eigenvalue weighted by Gasteiger charge is 2.31. The Morgan fingerprint density at radius 1 is 1.27 bits per heavy atom. The van der Waals surface area contributed by atoms with E-state index in [0.29, 0.717) is 13.0 Å². The molecule has 2 N–H and O–H groups in total. The summed E-state index contributed by atoms with van der Waals surface area (Å²) in [5.74, 6) is -0.576. The third-order valence-electron chi connectivity index (χ3n) is 1.89. The van der Waals surface area contributed by atoms with Crippen molar-refractivity contribution in [3.05, 3.63) is 0 Å². The zero-order valence-corrected chi connectivity index (χ0v) is 7.40. The van der Waals surface area contributed by atoms with E-state index in [1.54, 1.807) is 0 Å². The Labute approximate surface area is 67.0 Å². The van der Waals surface area contributed by atoms with Gasteiger partial charge in [-0.05, 0) is 18.4 Å². The van der Waals surface area contributed by atoms with Gasteiger partial charge in [0.1, 0.15) is 0 Å². The Morgan fingerprint density at radius 2 is 1.73 bits per heavy atom. The summed E-state index contributed by atoms with van der Waals surface area (Å²) in [6, 6.07) is 0. The number of rotatable bonds is 3. The molecule has 0 aromatic carbocycles. The molecule has 0 aliphatic rings. The average molecular weight is 165 g/mol. The van der Waals surface area contributed by atoms with Crippen LogP contribution in [-0.2, 0) is 0 Å². The van der Waals surface area contributed by atoms with E-state index in [2.05, 4.69) is 0 Å². The third-order valence-corrected chi connectivity index (χ3v) is 1.89. The zero-order valence-electron chi connectivity index (χ0n) is 7.40. The molecule has 0 aromatic heterocycles. The van der Waals surface area contributed by atoms with Crippen molar-refractivity contribution in [3.63, 3.8) is 0 Å². The lowest BCUT2D eigenvalue weighted by atomic mass is 9.79. The Kier molecular flexibility index (Phi) is 3.93. The van der Waals surface area contributed by atoms with Crippen molar-refractivity contribution in [2.75, 3.05) is 6.54 Å². The first-order chi connectivity index (χ1) is 4.89. The Morgan fingerprint density at radius 3 is 1.82 bits per heavy atom. The predicted octanol–water partition coefficient (Wildman–Crippen LogP) is 2.26. The quantitative estimate of drug-likeness (QED) is 0.682. The van der Waals surface area contributed by atoms with Gasteiger partial charge in [0.15, 0.2) is 0 Å². The molecule has 0 heterocycles. The lowest BCUT2D eigenvalue weighted by molar-refractivity contribution is 0.0125. The molecule has 3 heteroatoms. The van der Waals surface area contributed by atoms with Crippen LogP contribution in [0.2, 0.25) is 0 Å². The number of alkyl halides is 2. The van der Waals surface area contributed by atoms with Gasteiger partial charge in [-0.3, -0.25) is 0 Å². The molecule has 0 aliphatic carbocycles. The summed E-state index contributed by atoms with van der Waals surface area (Å²) in [4.78, 5) is 0. The first-order valence-electron chi connectivity index (χ1n) is 3.87. The second-order valence-corrected chi connectivity index (χ2v) is 3.88. The highest BCUT2D eigenvalue weighted by Crippen LogP contribution is 2.33. The van der Waals surface area contributed by atoms with Gasteiger partial charge in [0.25, 0.3) is 0 Å². The van der Waals surface area contributed by atoms with Gasteiger partial charge in [-0.2, -0.15) is 0 Å². The van der Waals surface area contributed by atoms with Gasteiger partial charge in [0.2, 0.25) is 6.43 Å². The van der Waals surface area contributed by atoms with Crippen LogP contribution in [0.25, 0.3) is 0 Å². The highest BCUT2D eigenvalue weighted by atomic mass is 19.3. The van der Waals surface area contributed by atoms with Crippen LogP contribution in [0.1, 0.15) is 27.2 Å². The normalized spacial score (nSPS) is 15.5. The van der Waals surface area contributed by atoms with E-state index < -0.39 is 12.3 Å². The molecule has 1 atom stereocenters. The topological polar surface area (TPSA) is 26.0 Å². The standard InChI is InChI=1S/C8H17F2N/c1-8(2,3)6(4-5-11)7(9)10/h6-7H,4-5,11H2,1-3H3. The number of halogens is 2. The van der Waals surface area contributed by atoms with Gasteiger partial charge in [0, 0.05) is 5.92 Å². The minimum atomic E-state index is -2.25. The fourth-order valence-electron chi connectivity index (χ4n) is 1.12. The largest absolute Gasteiger partial charge is 0.330 e. The smallest absolute Gasteiger partial charge is 0.241 e. The third kappa shape index (κ3) is 3.65. The van der Waals surface area contributed by atoms with E-state index in [1.807, 2.05) is 20.8 Å². The van der Waals surface area contributed by atoms with Crippen LogP contribution in [0.4, 0.5) is 8.78 Å². The molecule has 0 aromatic rings.